The molecule has 1 N–H and O–H groups in total. The van der Waals surface area contributed by atoms with Crippen LogP contribution in [0.3, 0.4) is 0 Å². The van der Waals surface area contributed by atoms with Crippen molar-refractivity contribution in [3.05, 3.63) is 28.8 Å². The Morgan fingerprint density at radius 1 is 1.00 bits per heavy atom. The first kappa shape index (κ1) is 28.3. The van der Waals surface area contributed by atoms with Crippen molar-refractivity contribution >= 4 is 45.6 Å². The summed E-state index contributed by atoms with van der Waals surface area (Å²) in [5.74, 6) is -6.44. The van der Waals surface area contributed by atoms with Crippen molar-refractivity contribution in [2.45, 2.75) is 56.9 Å². The van der Waals surface area contributed by atoms with Crippen molar-refractivity contribution < 1.29 is 45.2 Å². The van der Waals surface area contributed by atoms with Crippen molar-refractivity contribution in [3.8, 4) is 5.75 Å². The lowest BCUT2D eigenvalue weighted by Crippen LogP contribution is -2.43. The molecule has 1 saturated carbocycles. The second-order valence-electron chi connectivity index (χ2n) is 7.99. The zero-order valence-electron chi connectivity index (χ0n) is 18.2. The minimum atomic E-state index is -5.24. The summed E-state index contributed by atoms with van der Waals surface area (Å²) in [5.41, 5.74) is 1.59. The molecule has 2 rings (SSSR count). The van der Waals surface area contributed by atoms with Gasteiger partial charge < -0.3 is 9.47 Å². The van der Waals surface area contributed by atoms with E-state index >= 15 is 0 Å². The Hall–Kier alpha value is -1.95. The molecule has 1 aliphatic rings. The average molecular weight is 496 g/mol. The van der Waals surface area contributed by atoms with E-state index in [9.17, 15) is 31.2 Å². The van der Waals surface area contributed by atoms with Crippen molar-refractivity contribution in [2.75, 3.05) is 5.75 Å². The number of benzene rings is 1. The number of halogens is 3. The smallest absolute Gasteiger partial charge is 0.426 e. The maximum Gasteiger partial charge on any atom is 0.426 e. The second-order valence-corrected chi connectivity index (χ2v) is 9.49. The van der Waals surface area contributed by atoms with Crippen LogP contribution in [0, 0.1) is 11.8 Å². The van der Waals surface area contributed by atoms with Gasteiger partial charge in [-0.25, -0.2) is 0 Å². The van der Waals surface area contributed by atoms with Crippen molar-refractivity contribution in [2.24, 2.45) is 11.8 Å². The van der Waals surface area contributed by atoms with Crippen molar-refractivity contribution in [3.63, 3.8) is 0 Å². The third kappa shape index (κ3) is 7.53. The number of hydrogen-bond acceptors (Lipinski definition) is 6. The fraction of sp³-hybridized carbons (Fsp3) is 0.600. The molecule has 0 spiro atoms. The highest BCUT2D eigenvalue weighted by Crippen LogP contribution is 2.35. The minimum Gasteiger partial charge on any atom is -0.451 e. The summed E-state index contributed by atoms with van der Waals surface area (Å²) >= 11 is 0. The van der Waals surface area contributed by atoms with Gasteiger partial charge in [0, 0.05) is 0 Å². The van der Waals surface area contributed by atoms with Gasteiger partial charge in [0.05, 0.1) is 35.4 Å². The molecule has 7 nitrogen and oxygen atoms in total. The van der Waals surface area contributed by atoms with Gasteiger partial charge in [-0.3, -0.25) is 14.1 Å². The summed E-state index contributed by atoms with van der Waals surface area (Å²) in [6.07, 6.45) is -7.03. The normalized spacial score (nSPS) is 19.9. The molecular weight excluding hydrogens is 474 g/mol. The Kier molecular flexibility index (Phi) is 9.70. The molecule has 6 radical (unpaired) electrons. The van der Waals surface area contributed by atoms with Crippen LogP contribution in [0.4, 0.5) is 13.2 Å². The van der Waals surface area contributed by atoms with E-state index in [0.717, 1.165) is 0 Å². The lowest BCUT2D eigenvalue weighted by atomic mass is 9.79. The fourth-order valence-electron chi connectivity index (χ4n) is 3.86. The molecule has 0 saturated heterocycles. The lowest BCUT2D eigenvalue weighted by Gasteiger charge is -2.30. The van der Waals surface area contributed by atoms with Gasteiger partial charge in [0.2, 0.25) is 6.10 Å². The summed E-state index contributed by atoms with van der Waals surface area (Å²) in [6, 6.07) is 3.27. The van der Waals surface area contributed by atoms with Crippen LogP contribution in [0.25, 0.3) is 0 Å². The number of ether oxygens (including phenoxy) is 2. The number of rotatable bonds is 9. The van der Waals surface area contributed by atoms with Crippen molar-refractivity contribution in [1.29, 1.82) is 0 Å². The number of esters is 2. The van der Waals surface area contributed by atoms with Gasteiger partial charge in [-0.1, -0.05) is 49.5 Å². The molecule has 0 amide bonds. The summed E-state index contributed by atoms with van der Waals surface area (Å²) in [4.78, 5) is 25.6. The molecule has 1 aromatic rings. The third-order valence-corrected chi connectivity index (χ3v) is 6.26. The average Bonchev–Trinajstić information content (AvgIpc) is 2.76. The number of alkyl halides is 3. The molecule has 180 valence electrons. The maximum absolute atomic E-state index is 13.2. The highest BCUT2D eigenvalue weighted by Gasteiger charge is 2.48. The van der Waals surface area contributed by atoms with Gasteiger partial charge >= 0.3 is 18.1 Å². The molecule has 14 heteroatoms. The SMILES string of the molecule is [B]Cc1cc(C[B])c(OC(=O)C2CCCCC2C(=O)OC(CS(=O)(=O)O)C(F)(F)F)c(C[B])c1. The van der Waals surface area contributed by atoms with Crippen LogP contribution < -0.4 is 4.74 Å². The Morgan fingerprint density at radius 3 is 1.91 bits per heavy atom. The van der Waals surface area contributed by atoms with E-state index in [1.165, 1.54) is 0 Å². The summed E-state index contributed by atoms with van der Waals surface area (Å²) in [6.45, 7) is 0. The highest BCUT2D eigenvalue weighted by atomic mass is 32.2. The molecule has 0 bridgehead atoms. The summed E-state index contributed by atoms with van der Waals surface area (Å²) in [5, 5.41) is 0. The quantitative estimate of drug-likeness (QED) is 0.241. The van der Waals surface area contributed by atoms with E-state index < -0.39 is 51.9 Å². The van der Waals surface area contributed by atoms with Crippen molar-refractivity contribution in [1.82, 2.24) is 0 Å². The highest BCUT2D eigenvalue weighted by molar-refractivity contribution is 7.85. The third-order valence-electron chi connectivity index (χ3n) is 5.54. The standard InChI is InChI=1S/C20H22B3F3O7S/c21-7-11-5-12(8-22)17(13(6-11)9-23)33-19(28)15-4-2-1-3-14(15)18(27)32-16(20(24,25)26)10-34(29,30)31/h5-6,14-16H,1-4,7-10H2,(H,29,30,31). The van der Waals surface area contributed by atoms with Gasteiger partial charge in [-0.2, -0.15) is 21.6 Å². The van der Waals surface area contributed by atoms with Crippen LogP contribution in [0.2, 0.25) is 0 Å². The Bertz CT molecular complexity index is 977. The zero-order valence-corrected chi connectivity index (χ0v) is 19.0. The van der Waals surface area contributed by atoms with E-state index in [2.05, 4.69) is 4.74 Å². The number of carbonyl (C=O) groups is 2. The summed E-state index contributed by atoms with van der Waals surface area (Å²) < 4.78 is 80.2. The van der Waals surface area contributed by atoms with Crippen LogP contribution in [0.5, 0.6) is 5.75 Å². The Balaban J connectivity index is 2.27. The molecular formula is C20H22B3F3O7S. The molecule has 3 atom stereocenters. The molecule has 0 heterocycles. The van der Waals surface area contributed by atoms with E-state index in [1.807, 2.05) is 0 Å². The first-order valence-corrected chi connectivity index (χ1v) is 12.1. The van der Waals surface area contributed by atoms with Crippen LogP contribution in [-0.4, -0.2) is 66.5 Å². The van der Waals surface area contributed by atoms with Gasteiger partial charge in [-0.15, -0.1) is 0 Å². The topological polar surface area (TPSA) is 107 Å². The first-order chi connectivity index (χ1) is 15.8. The van der Waals surface area contributed by atoms with Gasteiger partial charge in [-0.05, 0) is 24.0 Å². The minimum absolute atomic E-state index is 0.0114. The molecule has 1 aliphatic carbocycles. The van der Waals surface area contributed by atoms with Crippen LogP contribution in [0.15, 0.2) is 12.1 Å². The molecule has 1 fully saturated rings. The number of carbonyl (C=O) groups excluding carboxylic acids is 2. The number of hydrogen-bond donors (Lipinski definition) is 1. The van der Waals surface area contributed by atoms with E-state index in [0.29, 0.717) is 29.5 Å². The van der Waals surface area contributed by atoms with E-state index in [1.54, 1.807) is 12.1 Å². The van der Waals surface area contributed by atoms with E-state index in [4.69, 9.17) is 32.8 Å². The molecule has 1 aromatic carbocycles. The zero-order chi connectivity index (χ0) is 25.7. The van der Waals surface area contributed by atoms with Crippen LogP contribution in [0.1, 0.15) is 42.4 Å². The predicted octanol–water partition coefficient (Wildman–Crippen LogP) is 1.77. The molecule has 34 heavy (non-hydrogen) atoms. The molecule has 0 aliphatic heterocycles. The first-order valence-electron chi connectivity index (χ1n) is 10.5. The van der Waals surface area contributed by atoms with Crippen LogP contribution in [-0.2, 0) is 43.4 Å². The second kappa shape index (κ2) is 11.7. The summed E-state index contributed by atoms with van der Waals surface area (Å²) in [7, 11) is 12.1. The van der Waals surface area contributed by atoms with Gasteiger partial charge in [0.1, 0.15) is 11.5 Å². The van der Waals surface area contributed by atoms with Gasteiger partial charge in [0.25, 0.3) is 10.1 Å². The van der Waals surface area contributed by atoms with E-state index in [-0.39, 0.29) is 37.6 Å². The largest absolute Gasteiger partial charge is 0.451 e. The molecule has 0 aromatic heterocycles. The lowest BCUT2D eigenvalue weighted by molar-refractivity contribution is -0.219. The molecule has 3 unspecified atom stereocenters. The monoisotopic (exact) mass is 496 g/mol. The van der Waals surface area contributed by atoms with Crippen LogP contribution >= 0.6 is 0 Å². The maximum atomic E-state index is 13.2. The Labute approximate surface area is 200 Å². The fourth-order valence-corrected chi connectivity index (χ4v) is 4.50. The van der Waals surface area contributed by atoms with Gasteiger partial charge in [0.15, 0.2) is 0 Å². The predicted molar refractivity (Wildman–Crippen MR) is 118 cm³/mol. The Morgan fingerprint density at radius 2 is 1.50 bits per heavy atom.